The third-order valence-electron chi connectivity index (χ3n) is 4.03. The number of benzene rings is 1. The van der Waals surface area contributed by atoms with Gasteiger partial charge in [-0.25, -0.2) is 18.9 Å². The van der Waals surface area contributed by atoms with Crippen LogP contribution in [0.4, 0.5) is 4.39 Å². The summed E-state index contributed by atoms with van der Waals surface area (Å²) in [6.07, 6.45) is 3.32. The van der Waals surface area contributed by atoms with Crippen molar-refractivity contribution in [3.8, 4) is 22.8 Å². The van der Waals surface area contributed by atoms with Crippen molar-refractivity contribution in [2.75, 3.05) is 0 Å². The second-order valence-electron chi connectivity index (χ2n) is 5.63. The molecule has 8 nitrogen and oxygen atoms in total. The zero-order valence-electron chi connectivity index (χ0n) is 13.0. The number of H-pyrrole nitrogens is 1. The normalized spacial score (nSPS) is 11.6. The van der Waals surface area contributed by atoms with E-state index in [1.165, 1.54) is 12.1 Å². The van der Waals surface area contributed by atoms with Crippen LogP contribution in [-0.4, -0.2) is 39.6 Å². The molecule has 0 unspecified atom stereocenters. The lowest BCUT2D eigenvalue weighted by Crippen LogP contribution is -1.94. The standard InChI is InChI=1S/C16H11FN8/c1-24-15-11(7-19-24)16-20-14(23-25(16)8-18-15)13-6-12(21-22-13)9-2-4-10(17)5-3-9/h2-8H,1H3,(H,21,22). The fraction of sp³-hybridized carbons (Fsp3) is 0.0625. The maximum absolute atomic E-state index is 13.1. The van der Waals surface area contributed by atoms with Crippen LogP contribution in [0.5, 0.6) is 0 Å². The van der Waals surface area contributed by atoms with Crippen LogP contribution in [0, 0.1) is 5.82 Å². The molecule has 25 heavy (non-hydrogen) atoms. The molecule has 1 N–H and O–H groups in total. The molecule has 0 aliphatic carbocycles. The molecule has 122 valence electrons. The molecule has 0 radical (unpaired) electrons. The zero-order chi connectivity index (χ0) is 17.0. The SMILES string of the molecule is Cn1ncc2c1ncn1nc(-c3cc(-c4ccc(F)cc4)n[nH]3)nc21. The molecular formula is C16H11FN8. The number of nitrogens with zero attached hydrogens (tertiary/aromatic N) is 7. The zero-order valence-corrected chi connectivity index (χ0v) is 13.0. The van der Waals surface area contributed by atoms with Gasteiger partial charge in [0.15, 0.2) is 17.1 Å². The van der Waals surface area contributed by atoms with Crippen LogP contribution in [-0.2, 0) is 7.05 Å². The predicted molar refractivity (Wildman–Crippen MR) is 88.0 cm³/mol. The molecule has 5 aromatic rings. The van der Waals surface area contributed by atoms with Crippen molar-refractivity contribution >= 4 is 16.7 Å². The molecule has 0 fully saturated rings. The van der Waals surface area contributed by atoms with Gasteiger partial charge in [0.2, 0.25) is 0 Å². The lowest BCUT2D eigenvalue weighted by Gasteiger charge is -1.94. The van der Waals surface area contributed by atoms with E-state index < -0.39 is 0 Å². The molecule has 0 amide bonds. The molecule has 0 aliphatic rings. The van der Waals surface area contributed by atoms with E-state index in [1.807, 2.05) is 13.1 Å². The summed E-state index contributed by atoms with van der Waals surface area (Å²) in [5.41, 5.74) is 3.58. The van der Waals surface area contributed by atoms with Crippen molar-refractivity contribution < 1.29 is 4.39 Å². The number of aryl methyl sites for hydroxylation is 1. The lowest BCUT2D eigenvalue weighted by molar-refractivity contribution is 0.628. The number of halogens is 1. The van der Waals surface area contributed by atoms with Gasteiger partial charge < -0.3 is 0 Å². The van der Waals surface area contributed by atoms with E-state index >= 15 is 0 Å². The summed E-state index contributed by atoms with van der Waals surface area (Å²) in [6, 6.07) is 7.98. The Labute approximate surface area is 140 Å². The van der Waals surface area contributed by atoms with Crippen LogP contribution in [0.15, 0.2) is 42.9 Å². The van der Waals surface area contributed by atoms with Crippen molar-refractivity contribution in [2.24, 2.45) is 7.05 Å². The highest BCUT2D eigenvalue weighted by atomic mass is 19.1. The van der Waals surface area contributed by atoms with Crippen molar-refractivity contribution in [3.63, 3.8) is 0 Å². The van der Waals surface area contributed by atoms with E-state index in [4.69, 9.17) is 0 Å². The van der Waals surface area contributed by atoms with E-state index in [2.05, 4.69) is 30.4 Å². The van der Waals surface area contributed by atoms with Crippen LogP contribution in [0.2, 0.25) is 0 Å². The summed E-state index contributed by atoms with van der Waals surface area (Å²) in [6.45, 7) is 0. The first kappa shape index (κ1) is 13.8. The van der Waals surface area contributed by atoms with Crippen LogP contribution < -0.4 is 0 Å². The highest BCUT2D eigenvalue weighted by Crippen LogP contribution is 2.24. The molecule has 4 heterocycles. The first-order valence-electron chi connectivity index (χ1n) is 7.54. The van der Waals surface area contributed by atoms with E-state index in [0.29, 0.717) is 22.9 Å². The number of rotatable bonds is 2. The monoisotopic (exact) mass is 334 g/mol. The van der Waals surface area contributed by atoms with Gasteiger partial charge in [-0.2, -0.15) is 10.2 Å². The molecule has 5 rings (SSSR count). The Morgan fingerprint density at radius 1 is 1.12 bits per heavy atom. The second kappa shape index (κ2) is 4.94. The van der Waals surface area contributed by atoms with Gasteiger partial charge in [0.05, 0.1) is 17.3 Å². The Morgan fingerprint density at radius 2 is 1.96 bits per heavy atom. The van der Waals surface area contributed by atoms with Gasteiger partial charge in [-0.05, 0) is 30.3 Å². The summed E-state index contributed by atoms with van der Waals surface area (Å²) in [5, 5.41) is 16.6. The number of aromatic nitrogens is 8. The third-order valence-corrected chi connectivity index (χ3v) is 4.03. The first-order chi connectivity index (χ1) is 12.2. The second-order valence-corrected chi connectivity index (χ2v) is 5.63. The Balaban J connectivity index is 1.61. The van der Waals surface area contributed by atoms with E-state index in [0.717, 1.165) is 16.6 Å². The maximum Gasteiger partial charge on any atom is 0.200 e. The van der Waals surface area contributed by atoms with E-state index in [1.54, 1.807) is 33.9 Å². The van der Waals surface area contributed by atoms with Gasteiger partial charge >= 0.3 is 0 Å². The summed E-state index contributed by atoms with van der Waals surface area (Å²) in [5.74, 6) is 0.216. The first-order valence-corrected chi connectivity index (χ1v) is 7.54. The minimum absolute atomic E-state index is 0.283. The maximum atomic E-state index is 13.1. The molecule has 0 spiro atoms. The predicted octanol–water partition coefficient (Wildman–Crippen LogP) is 2.21. The fourth-order valence-electron chi connectivity index (χ4n) is 2.76. The molecule has 0 saturated carbocycles. The Morgan fingerprint density at radius 3 is 2.80 bits per heavy atom. The van der Waals surface area contributed by atoms with Crippen LogP contribution in [0.25, 0.3) is 39.5 Å². The Bertz CT molecular complexity index is 1210. The van der Waals surface area contributed by atoms with Crippen molar-refractivity contribution in [2.45, 2.75) is 0 Å². The van der Waals surface area contributed by atoms with Crippen molar-refractivity contribution in [3.05, 3.63) is 48.7 Å². The number of hydrogen-bond acceptors (Lipinski definition) is 5. The molecule has 0 aliphatic heterocycles. The molecular weight excluding hydrogens is 323 g/mol. The van der Waals surface area contributed by atoms with Crippen molar-refractivity contribution in [1.82, 2.24) is 39.6 Å². The molecule has 0 atom stereocenters. The summed E-state index contributed by atoms with van der Waals surface area (Å²) < 4.78 is 16.4. The Hall–Kier alpha value is -3.62. The summed E-state index contributed by atoms with van der Waals surface area (Å²) in [4.78, 5) is 8.91. The van der Waals surface area contributed by atoms with Gasteiger partial charge in [0.1, 0.15) is 17.8 Å². The average molecular weight is 334 g/mol. The molecule has 1 aromatic carbocycles. The highest BCUT2D eigenvalue weighted by Gasteiger charge is 2.14. The fourth-order valence-corrected chi connectivity index (χ4v) is 2.76. The quantitative estimate of drug-likeness (QED) is 0.534. The smallest absolute Gasteiger partial charge is 0.200 e. The largest absolute Gasteiger partial charge is 0.274 e. The third kappa shape index (κ3) is 2.09. The molecule has 0 bridgehead atoms. The van der Waals surface area contributed by atoms with Crippen LogP contribution >= 0.6 is 0 Å². The molecule has 4 aromatic heterocycles. The number of hydrogen-bond donors (Lipinski definition) is 1. The minimum atomic E-state index is -0.283. The topological polar surface area (TPSA) is 89.6 Å². The van der Waals surface area contributed by atoms with Gasteiger partial charge in [-0.3, -0.25) is 9.78 Å². The van der Waals surface area contributed by atoms with Crippen LogP contribution in [0.3, 0.4) is 0 Å². The van der Waals surface area contributed by atoms with Gasteiger partial charge in [0.25, 0.3) is 0 Å². The van der Waals surface area contributed by atoms with Gasteiger partial charge in [-0.1, -0.05) is 0 Å². The van der Waals surface area contributed by atoms with E-state index in [-0.39, 0.29) is 5.82 Å². The number of nitrogens with one attached hydrogen (secondary N) is 1. The molecule has 9 heteroatoms. The van der Waals surface area contributed by atoms with Crippen LogP contribution in [0.1, 0.15) is 0 Å². The average Bonchev–Trinajstić information content (AvgIpc) is 3.32. The van der Waals surface area contributed by atoms with E-state index in [9.17, 15) is 4.39 Å². The number of aromatic amines is 1. The van der Waals surface area contributed by atoms with Gasteiger partial charge in [0, 0.05) is 12.6 Å². The van der Waals surface area contributed by atoms with Gasteiger partial charge in [-0.15, -0.1) is 5.10 Å². The minimum Gasteiger partial charge on any atom is -0.274 e. The lowest BCUT2D eigenvalue weighted by atomic mass is 10.1. The van der Waals surface area contributed by atoms with Crippen molar-refractivity contribution in [1.29, 1.82) is 0 Å². The summed E-state index contributed by atoms with van der Waals surface area (Å²) >= 11 is 0. The Kier molecular flexibility index (Phi) is 2.72. The highest BCUT2D eigenvalue weighted by molar-refractivity contribution is 5.88. The molecule has 0 saturated heterocycles. The number of fused-ring (bicyclic) bond motifs is 3. The summed E-state index contributed by atoms with van der Waals surface area (Å²) in [7, 11) is 1.83.